The molecule has 0 bridgehead atoms. The quantitative estimate of drug-likeness (QED) is 0.531. The Hall–Kier alpha value is -0.570. The molecule has 4 rings (SSSR count). The maximum atomic E-state index is 11.8. The Kier molecular flexibility index (Phi) is 4.67. The lowest BCUT2D eigenvalue weighted by atomic mass is 9.47. The van der Waals surface area contributed by atoms with Gasteiger partial charge in [-0.2, -0.15) is 0 Å². The molecule has 3 aliphatic carbocycles. The van der Waals surface area contributed by atoms with Crippen LogP contribution in [-0.2, 0) is 14.3 Å². The fraction of sp³-hybridized carbons (Fsp3) is 0.955. The highest BCUT2D eigenvalue weighted by Gasteiger charge is 2.61. The number of hydrogen-bond acceptors (Lipinski definition) is 3. The number of ether oxygens (including phenoxy) is 2. The highest BCUT2D eigenvalue weighted by Crippen LogP contribution is 2.65. The van der Waals surface area contributed by atoms with E-state index in [2.05, 4.69) is 20.8 Å². The third-order valence-electron chi connectivity index (χ3n) is 8.75. The molecular formula is C22H36O3. The van der Waals surface area contributed by atoms with Gasteiger partial charge in [0, 0.05) is 18.4 Å². The van der Waals surface area contributed by atoms with Crippen LogP contribution in [0.5, 0.6) is 0 Å². The summed E-state index contributed by atoms with van der Waals surface area (Å²) in [6, 6.07) is 0. The van der Waals surface area contributed by atoms with Crippen molar-refractivity contribution in [1.29, 1.82) is 0 Å². The van der Waals surface area contributed by atoms with Crippen LogP contribution in [0.15, 0.2) is 0 Å². The van der Waals surface area contributed by atoms with E-state index >= 15 is 0 Å². The average molecular weight is 349 g/mol. The minimum atomic E-state index is 0.0341. The molecule has 1 aliphatic heterocycles. The molecular weight excluding hydrogens is 312 g/mol. The first-order valence-corrected chi connectivity index (χ1v) is 10.8. The molecule has 142 valence electrons. The lowest BCUT2D eigenvalue weighted by molar-refractivity contribution is -0.183. The van der Waals surface area contributed by atoms with Gasteiger partial charge in [0.15, 0.2) is 0 Å². The normalized spacial score (nSPS) is 49.1. The summed E-state index contributed by atoms with van der Waals surface area (Å²) >= 11 is 0. The molecule has 1 saturated heterocycles. The van der Waals surface area contributed by atoms with E-state index in [1.54, 1.807) is 0 Å². The number of esters is 1. The van der Waals surface area contributed by atoms with Crippen molar-refractivity contribution in [2.24, 2.45) is 34.5 Å². The average Bonchev–Trinajstić information content (AvgIpc) is 2.92. The van der Waals surface area contributed by atoms with Gasteiger partial charge in [0.05, 0.1) is 12.7 Å². The van der Waals surface area contributed by atoms with Crippen molar-refractivity contribution in [2.45, 2.75) is 84.7 Å². The van der Waals surface area contributed by atoms with E-state index in [-0.39, 0.29) is 11.4 Å². The van der Waals surface area contributed by atoms with Gasteiger partial charge in [-0.25, -0.2) is 0 Å². The Labute approximate surface area is 153 Å². The molecule has 25 heavy (non-hydrogen) atoms. The summed E-state index contributed by atoms with van der Waals surface area (Å²) in [5.41, 5.74) is 0.600. The smallest absolute Gasteiger partial charge is 0.306 e. The molecule has 2 unspecified atom stereocenters. The lowest BCUT2D eigenvalue weighted by Gasteiger charge is -2.59. The first-order chi connectivity index (χ1) is 12.0. The molecule has 0 aromatic carbocycles. The Morgan fingerprint density at radius 2 is 1.88 bits per heavy atom. The van der Waals surface area contributed by atoms with Crippen LogP contribution in [0.25, 0.3) is 0 Å². The van der Waals surface area contributed by atoms with Gasteiger partial charge >= 0.3 is 5.97 Å². The van der Waals surface area contributed by atoms with Crippen LogP contribution in [0.2, 0.25) is 0 Å². The van der Waals surface area contributed by atoms with Crippen molar-refractivity contribution >= 4 is 5.97 Å². The summed E-state index contributed by atoms with van der Waals surface area (Å²) in [6.07, 6.45) is 11.3. The minimum Gasteiger partial charge on any atom is -0.465 e. The molecule has 7 atom stereocenters. The second-order valence-electron chi connectivity index (χ2n) is 9.86. The van der Waals surface area contributed by atoms with Gasteiger partial charge < -0.3 is 9.47 Å². The largest absolute Gasteiger partial charge is 0.465 e. The molecule has 3 heteroatoms. The molecule has 0 aromatic rings. The van der Waals surface area contributed by atoms with E-state index in [9.17, 15) is 4.79 Å². The lowest BCUT2D eigenvalue weighted by Crippen LogP contribution is -2.56. The number of hydrogen-bond donors (Lipinski definition) is 0. The van der Waals surface area contributed by atoms with E-state index in [1.807, 2.05) is 0 Å². The summed E-state index contributed by atoms with van der Waals surface area (Å²) in [4.78, 5) is 11.8. The van der Waals surface area contributed by atoms with Crippen molar-refractivity contribution in [1.82, 2.24) is 0 Å². The first kappa shape index (κ1) is 17.8. The predicted molar refractivity (Wildman–Crippen MR) is 98.1 cm³/mol. The van der Waals surface area contributed by atoms with E-state index in [0.29, 0.717) is 30.5 Å². The molecule has 0 radical (unpaired) electrons. The van der Waals surface area contributed by atoms with Crippen LogP contribution in [0, 0.1) is 34.5 Å². The highest BCUT2D eigenvalue weighted by molar-refractivity contribution is 5.70. The molecule has 0 spiro atoms. The fourth-order valence-corrected chi connectivity index (χ4v) is 7.19. The van der Waals surface area contributed by atoms with Crippen molar-refractivity contribution in [3.05, 3.63) is 0 Å². The molecule has 4 fully saturated rings. The van der Waals surface area contributed by atoms with Crippen molar-refractivity contribution in [2.75, 3.05) is 13.2 Å². The Bertz CT molecular complexity index is 517. The second kappa shape index (κ2) is 6.55. The van der Waals surface area contributed by atoms with Crippen LogP contribution in [0.1, 0.15) is 78.6 Å². The first-order valence-electron chi connectivity index (χ1n) is 10.8. The summed E-state index contributed by atoms with van der Waals surface area (Å²) < 4.78 is 11.9. The monoisotopic (exact) mass is 348 g/mol. The Morgan fingerprint density at radius 3 is 2.68 bits per heavy atom. The fourth-order valence-electron chi connectivity index (χ4n) is 7.19. The molecule has 3 nitrogen and oxygen atoms in total. The molecule has 4 aliphatic rings. The zero-order valence-corrected chi connectivity index (χ0v) is 16.4. The maximum Gasteiger partial charge on any atom is 0.306 e. The summed E-state index contributed by atoms with van der Waals surface area (Å²) in [6.45, 7) is 8.79. The van der Waals surface area contributed by atoms with Crippen LogP contribution in [0.4, 0.5) is 0 Å². The standard InChI is InChI=1S/C22H36O3/c1-4-5-12-24-19-9-8-17-16-7-6-15-13-20(23)25-14-22(15,3)18(16)10-11-21(17,19)2/h15-19H,4-14H2,1-3H3/t15?,16-,17-,18-,19?,21-,22-/m0/s1. The third-order valence-corrected chi connectivity index (χ3v) is 8.75. The third kappa shape index (κ3) is 2.76. The van der Waals surface area contributed by atoms with Crippen LogP contribution in [0.3, 0.4) is 0 Å². The van der Waals surface area contributed by atoms with Crippen molar-refractivity contribution in [3.8, 4) is 0 Å². The molecule has 0 amide bonds. The minimum absolute atomic E-state index is 0.0341. The Balaban J connectivity index is 1.51. The zero-order chi connectivity index (χ0) is 17.7. The van der Waals surface area contributed by atoms with Gasteiger partial charge in [0.1, 0.15) is 0 Å². The summed E-state index contributed by atoms with van der Waals surface area (Å²) in [7, 11) is 0. The van der Waals surface area contributed by atoms with E-state index in [0.717, 1.165) is 24.4 Å². The van der Waals surface area contributed by atoms with Gasteiger partial charge in [-0.1, -0.05) is 27.2 Å². The topological polar surface area (TPSA) is 35.5 Å². The van der Waals surface area contributed by atoms with Crippen LogP contribution >= 0.6 is 0 Å². The molecule has 0 aromatic heterocycles. The second-order valence-corrected chi connectivity index (χ2v) is 9.86. The summed E-state index contributed by atoms with van der Waals surface area (Å²) in [5, 5.41) is 0. The van der Waals surface area contributed by atoms with E-state index in [1.165, 1.54) is 51.4 Å². The molecule has 1 heterocycles. The van der Waals surface area contributed by atoms with Crippen molar-refractivity contribution in [3.63, 3.8) is 0 Å². The van der Waals surface area contributed by atoms with Crippen LogP contribution < -0.4 is 0 Å². The predicted octanol–water partition coefficient (Wildman–Crippen LogP) is 4.98. The number of fused-ring (bicyclic) bond motifs is 5. The zero-order valence-electron chi connectivity index (χ0n) is 16.4. The van der Waals surface area contributed by atoms with Gasteiger partial charge in [-0.3, -0.25) is 4.79 Å². The maximum absolute atomic E-state index is 11.8. The summed E-state index contributed by atoms with van der Waals surface area (Å²) in [5.74, 6) is 2.96. The van der Waals surface area contributed by atoms with Gasteiger partial charge in [0.2, 0.25) is 0 Å². The number of rotatable bonds is 4. The van der Waals surface area contributed by atoms with Crippen molar-refractivity contribution < 1.29 is 14.3 Å². The van der Waals surface area contributed by atoms with Gasteiger partial charge in [-0.05, 0) is 74.0 Å². The highest BCUT2D eigenvalue weighted by atomic mass is 16.5. The Morgan fingerprint density at radius 1 is 1.08 bits per heavy atom. The molecule has 0 N–H and O–H groups in total. The van der Waals surface area contributed by atoms with E-state index in [4.69, 9.17) is 9.47 Å². The number of carbonyl (C=O) groups excluding carboxylic acids is 1. The SMILES string of the molecule is CCCCOC1CC[C@H]2[C@@H]3CCC4CC(=O)OC[C@]4(C)[C@H]3CC[C@]12C. The number of carbonyl (C=O) groups is 1. The number of cyclic esters (lactones) is 1. The van der Waals surface area contributed by atoms with E-state index < -0.39 is 0 Å². The molecule has 3 saturated carbocycles. The van der Waals surface area contributed by atoms with Crippen LogP contribution in [-0.4, -0.2) is 25.3 Å². The van der Waals surface area contributed by atoms with Gasteiger partial charge in [0.25, 0.3) is 0 Å². The van der Waals surface area contributed by atoms with Gasteiger partial charge in [-0.15, -0.1) is 0 Å². The number of unbranched alkanes of at least 4 members (excludes halogenated alkanes) is 1.